The van der Waals surface area contributed by atoms with E-state index in [2.05, 4.69) is 29.5 Å². The summed E-state index contributed by atoms with van der Waals surface area (Å²) in [5, 5.41) is 7.92. The van der Waals surface area contributed by atoms with E-state index in [0.29, 0.717) is 6.61 Å². The third-order valence-electron chi connectivity index (χ3n) is 3.35. The minimum atomic E-state index is 0.0823. The van der Waals surface area contributed by atoms with Crippen molar-refractivity contribution in [2.45, 2.75) is 33.4 Å². The zero-order chi connectivity index (χ0) is 14.5. The Hall–Kier alpha value is -1.81. The second kappa shape index (κ2) is 6.57. The van der Waals surface area contributed by atoms with Crippen molar-refractivity contribution in [3.63, 3.8) is 0 Å². The molecule has 0 spiro atoms. The lowest BCUT2D eigenvalue weighted by molar-refractivity contribution is 0.333. The molecule has 0 saturated heterocycles. The van der Waals surface area contributed by atoms with E-state index < -0.39 is 0 Å². The predicted octanol–water partition coefficient (Wildman–Crippen LogP) is 2.92. The minimum absolute atomic E-state index is 0.0823. The second-order valence-corrected chi connectivity index (χ2v) is 4.72. The Labute approximate surface area is 120 Å². The molecule has 1 aromatic carbocycles. The summed E-state index contributed by atoms with van der Waals surface area (Å²) in [4.78, 5) is 0. The first-order valence-corrected chi connectivity index (χ1v) is 7.14. The van der Waals surface area contributed by atoms with E-state index in [1.54, 1.807) is 0 Å². The standard InChI is InChI=1S/C16H23N3O/c1-5-19-14(11-12(3)18-19)16(17-4)13-9-7-8-10-15(13)20-6-2/h7-11,16-17H,5-6H2,1-4H3. The molecule has 20 heavy (non-hydrogen) atoms. The summed E-state index contributed by atoms with van der Waals surface area (Å²) in [6, 6.07) is 10.4. The van der Waals surface area contributed by atoms with Crippen LogP contribution in [0.1, 0.15) is 36.8 Å². The topological polar surface area (TPSA) is 39.1 Å². The number of para-hydroxylation sites is 1. The first kappa shape index (κ1) is 14.6. The molecule has 108 valence electrons. The fourth-order valence-electron chi connectivity index (χ4n) is 2.52. The first-order chi connectivity index (χ1) is 9.71. The highest BCUT2D eigenvalue weighted by Gasteiger charge is 2.20. The van der Waals surface area contributed by atoms with Crippen LogP contribution in [0.5, 0.6) is 5.75 Å². The van der Waals surface area contributed by atoms with Gasteiger partial charge in [0.2, 0.25) is 0 Å². The maximum Gasteiger partial charge on any atom is 0.124 e. The van der Waals surface area contributed by atoms with E-state index in [0.717, 1.165) is 23.6 Å². The molecule has 0 aliphatic rings. The number of rotatable bonds is 6. The number of aryl methyl sites for hydroxylation is 2. The van der Waals surface area contributed by atoms with Crippen LogP contribution in [0.4, 0.5) is 0 Å². The van der Waals surface area contributed by atoms with Crippen LogP contribution in [0.3, 0.4) is 0 Å². The number of hydrogen-bond acceptors (Lipinski definition) is 3. The molecule has 4 nitrogen and oxygen atoms in total. The summed E-state index contributed by atoms with van der Waals surface area (Å²) in [7, 11) is 1.97. The largest absolute Gasteiger partial charge is 0.494 e. The monoisotopic (exact) mass is 273 g/mol. The summed E-state index contributed by atoms with van der Waals surface area (Å²) >= 11 is 0. The van der Waals surface area contributed by atoms with Gasteiger partial charge in [-0.2, -0.15) is 5.10 Å². The number of ether oxygens (including phenoxy) is 1. The Bertz CT molecular complexity index is 563. The molecular formula is C16H23N3O. The van der Waals surface area contributed by atoms with Gasteiger partial charge in [-0.1, -0.05) is 18.2 Å². The Kier molecular flexibility index (Phi) is 4.79. The van der Waals surface area contributed by atoms with E-state index in [-0.39, 0.29) is 6.04 Å². The molecule has 1 atom stereocenters. The minimum Gasteiger partial charge on any atom is -0.494 e. The summed E-state index contributed by atoms with van der Waals surface area (Å²) in [6.45, 7) is 7.66. The third kappa shape index (κ3) is 2.85. The van der Waals surface area contributed by atoms with Crippen molar-refractivity contribution in [1.82, 2.24) is 15.1 Å². The lowest BCUT2D eigenvalue weighted by atomic mass is 10.0. The van der Waals surface area contributed by atoms with E-state index in [9.17, 15) is 0 Å². The summed E-state index contributed by atoms with van der Waals surface area (Å²) in [6.07, 6.45) is 0. The van der Waals surface area contributed by atoms with E-state index in [1.807, 2.05) is 43.8 Å². The molecule has 0 bridgehead atoms. The van der Waals surface area contributed by atoms with Crippen LogP contribution in [0.25, 0.3) is 0 Å². The summed E-state index contributed by atoms with van der Waals surface area (Å²) in [5.74, 6) is 0.927. The second-order valence-electron chi connectivity index (χ2n) is 4.72. The number of benzene rings is 1. The molecule has 0 radical (unpaired) electrons. The van der Waals surface area contributed by atoms with Crippen LogP contribution in [0, 0.1) is 6.92 Å². The highest BCUT2D eigenvalue weighted by molar-refractivity contribution is 5.40. The number of nitrogens with zero attached hydrogens (tertiary/aromatic N) is 2. The fourth-order valence-corrected chi connectivity index (χ4v) is 2.52. The molecule has 0 aliphatic heterocycles. The van der Waals surface area contributed by atoms with Crippen LogP contribution in [-0.4, -0.2) is 23.4 Å². The summed E-state index contributed by atoms with van der Waals surface area (Å²) in [5.41, 5.74) is 3.35. The van der Waals surface area contributed by atoms with Gasteiger partial charge in [0.25, 0.3) is 0 Å². The molecule has 2 aromatic rings. The van der Waals surface area contributed by atoms with Gasteiger partial charge in [-0.05, 0) is 40.0 Å². The maximum atomic E-state index is 5.75. The molecule has 1 heterocycles. The molecule has 2 rings (SSSR count). The molecule has 0 amide bonds. The Morgan fingerprint density at radius 1 is 1.30 bits per heavy atom. The normalized spacial score (nSPS) is 12.4. The SMILES string of the molecule is CCOc1ccccc1C(NC)c1cc(C)nn1CC. The van der Waals surface area contributed by atoms with Crippen molar-refractivity contribution >= 4 is 0 Å². The molecule has 4 heteroatoms. The van der Waals surface area contributed by atoms with Crippen LogP contribution in [0.15, 0.2) is 30.3 Å². The van der Waals surface area contributed by atoms with E-state index in [1.165, 1.54) is 5.69 Å². The zero-order valence-electron chi connectivity index (χ0n) is 12.7. The van der Waals surface area contributed by atoms with Crippen LogP contribution >= 0.6 is 0 Å². The number of aromatic nitrogens is 2. The van der Waals surface area contributed by atoms with Crippen LogP contribution in [0.2, 0.25) is 0 Å². The molecule has 1 aromatic heterocycles. The van der Waals surface area contributed by atoms with Crippen molar-refractivity contribution in [2.75, 3.05) is 13.7 Å². The number of nitrogens with one attached hydrogen (secondary N) is 1. The smallest absolute Gasteiger partial charge is 0.124 e. The average molecular weight is 273 g/mol. The molecule has 1 unspecified atom stereocenters. The first-order valence-electron chi connectivity index (χ1n) is 7.14. The van der Waals surface area contributed by atoms with Crippen molar-refractivity contribution in [3.8, 4) is 5.75 Å². The Morgan fingerprint density at radius 2 is 2.05 bits per heavy atom. The summed E-state index contributed by atoms with van der Waals surface area (Å²) < 4.78 is 7.79. The van der Waals surface area contributed by atoms with Crippen molar-refractivity contribution in [1.29, 1.82) is 0 Å². The van der Waals surface area contributed by atoms with Gasteiger partial charge < -0.3 is 10.1 Å². The highest BCUT2D eigenvalue weighted by atomic mass is 16.5. The third-order valence-corrected chi connectivity index (χ3v) is 3.35. The quantitative estimate of drug-likeness (QED) is 0.879. The number of hydrogen-bond donors (Lipinski definition) is 1. The van der Waals surface area contributed by atoms with Crippen molar-refractivity contribution in [3.05, 3.63) is 47.3 Å². The van der Waals surface area contributed by atoms with Gasteiger partial charge in [0, 0.05) is 12.1 Å². The van der Waals surface area contributed by atoms with Gasteiger partial charge in [0.05, 0.1) is 24.0 Å². The van der Waals surface area contributed by atoms with Gasteiger partial charge in [0.1, 0.15) is 5.75 Å². The van der Waals surface area contributed by atoms with E-state index in [4.69, 9.17) is 4.74 Å². The van der Waals surface area contributed by atoms with Crippen LogP contribution in [-0.2, 0) is 6.54 Å². The van der Waals surface area contributed by atoms with Gasteiger partial charge >= 0.3 is 0 Å². The molecule has 0 aliphatic carbocycles. The average Bonchev–Trinajstić information content (AvgIpc) is 2.83. The maximum absolute atomic E-state index is 5.75. The van der Waals surface area contributed by atoms with Gasteiger partial charge in [-0.25, -0.2) is 0 Å². The van der Waals surface area contributed by atoms with Gasteiger partial charge in [-0.3, -0.25) is 4.68 Å². The van der Waals surface area contributed by atoms with Gasteiger partial charge in [-0.15, -0.1) is 0 Å². The predicted molar refractivity (Wildman–Crippen MR) is 81.2 cm³/mol. The fraction of sp³-hybridized carbons (Fsp3) is 0.438. The molecule has 0 fully saturated rings. The highest BCUT2D eigenvalue weighted by Crippen LogP contribution is 2.30. The van der Waals surface area contributed by atoms with Crippen molar-refractivity contribution in [2.24, 2.45) is 0 Å². The van der Waals surface area contributed by atoms with Crippen molar-refractivity contribution < 1.29 is 4.74 Å². The van der Waals surface area contributed by atoms with Crippen LogP contribution < -0.4 is 10.1 Å². The molecule has 1 N–H and O–H groups in total. The Morgan fingerprint density at radius 3 is 2.70 bits per heavy atom. The molecule has 0 saturated carbocycles. The lowest BCUT2D eigenvalue weighted by Crippen LogP contribution is -2.22. The van der Waals surface area contributed by atoms with E-state index >= 15 is 0 Å². The molecular weight excluding hydrogens is 250 g/mol. The lowest BCUT2D eigenvalue weighted by Gasteiger charge is -2.20. The zero-order valence-corrected chi connectivity index (χ0v) is 12.7. The Balaban J connectivity index is 2.46. The van der Waals surface area contributed by atoms with Gasteiger partial charge in [0.15, 0.2) is 0 Å².